The molecule has 1 saturated carbocycles. The maximum absolute atomic E-state index is 11.1. The van der Waals surface area contributed by atoms with E-state index in [0.29, 0.717) is 11.2 Å². The van der Waals surface area contributed by atoms with Gasteiger partial charge in [-0.1, -0.05) is 6.92 Å². The molecule has 0 aliphatic heterocycles. The molecular formula is C17H16N4O2. The average molecular weight is 308 g/mol. The van der Waals surface area contributed by atoms with Gasteiger partial charge >= 0.3 is 5.97 Å². The van der Waals surface area contributed by atoms with Gasteiger partial charge in [-0.3, -0.25) is 5.10 Å². The molecule has 23 heavy (non-hydrogen) atoms. The Hall–Kier alpha value is -2.63. The van der Waals surface area contributed by atoms with E-state index in [9.17, 15) is 4.79 Å². The summed E-state index contributed by atoms with van der Waals surface area (Å²) in [5.41, 5.74) is 5.57. The SMILES string of the molecule is C[C@@]12Cc3[nH]nc(-c4nc5ccc(C(=O)O)cc5[nH]4)c3C[C@@H]1C2. The monoisotopic (exact) mass is 308 g/mol. The highest BCUT2D eigenvalue weighted by Crippen LogP contribution is 2.59. The van der Waals surface area contributed by atoms with Gasteiger partial charge in [0, 0.05) is 11.3 Å². The van der Waals surface area contributed by atoms with E-state index >= 15 is 0 Å². The zero-order valence-electron chi connectivity index (χ0n) is 12.7. The first kappa shape index (κ1) is 12.9. The van der Waals surface area contributed by atoms with Crippen LogP contribution in [0.1, 0.15) is 35.0 Å². The third kappa shape index (κ3) is 1.78. The average Bonchev–Trinajstić information content (AvgIpc) is 2.84. The number of nitrogens with one attached hydrogen (secondary N) is 2. The fourth-order valence-corrected chi connectivity index (χ4v) is 3.91. The number of hydrogen-bond donors (Lipinski definition) is 3. The molecule has 6 heteroatoms. The van der Waals surface area contributed by atoms with Crippen LogP contribution in [0.15, 0.2) is 18.2 Å². The molecule has 3 N–H and O–H groups in total. The third-order valence-corrected chi connectivity index (χ3v) is 5.48. The largest absolute Gasteiger partial charge is 0.478 e. The molecule has 0 amide bonds. The molecule has 2 aliphatic carbocycles. The molecule has 0 bridgehead atoms. The number of H-pyrrole nitrogens is 2. The van der Waals surface area contributed by atoms with Gasteiger partial charge < -0.3 is 10.1 Å². The van der Waals surface area contributed by atoms with Crippen LogP contribution in [-0.2, 0) is 12.8 Å². The highest BCUT2D eigenvalue weighted by atomic mass is 16.4. The molecule has 2 atom stereocenters. The van der Waals surface area contributed by atoms with Crippen LogP contribution in [-0.4, -0.2) is 31.2 Å². The summed E-state index contributed by atoms with van der Waals surface area (Å²) < 4.78 is 0. The Morgan fingerprint density at radius 2 is 2.30 bits per heavy atom. The van der Waals surface area contributed by atoms with E-state index in [1.165, 1.54) is 17.7 Å². The van der Waals surface area contributed by atoms with Crippen molar-refractivity contribution >= 4 is 17.0 Å². The normalized spacial score (nSPS) is 25.2. The number of hydrogen-bond acceptors (Lipinski definition) is 3. The lowest BCUT2D eigenvalue weighted by molar-refractivity contribution is 0.0697. The second-order valence-corrected chi connectivity index (χ2v) is 7.09. The van der Waals surface area contributed by atoms with E-state index in [4.69, 9.17) is 5.11 Å². The van der Waals surface area contributed by atoms with Gasteiger partial charge in [0.2, 0.25) is 0 Å². The minimum atomic E-state index is -0.937. The topological polar surface area (TPSA) is 94.7 Å². The molecule has 0 saturated heterocycles. The number of aromatic amines is 2. The number of fused-ring (bicyclic) bond motifs is 3. The van der Waals surface area contributed by atoms with Crippen LogP contribution in [0.4, 0.5) is 0 Å². The lowest BCUT2D eigenvalue weighted by atomic mass is 9.88. The lowest BCUT2D eigenvalue weighted by Gasteiger charge is -2.17. The van der Waals surface area contributed by atoms with Crippen molar-refractivity contribution < 1.29 is 9.90 Å². The smallest absolute Gasteiger partial charge is 0.335 e. The van der Waals surface area contributed by atoms with Gasteiger partial charge in [-0.05, 0) is 48.8 Å². The zero-order valence-corrected chi connectivity index (χ0v) is 12.7. The second kappa shape index (κ2) is 4.01. The molecule has 116 valence electrons. The third-order valence-electron chi connectivity index (χ3n) is 5.48. The molecular weight excluding hydrogens is 292 g/mol. The van der Waals surface area contributed by atoms with Crippen molar-refractivity contribution in [3.63, 3.8) is 0 Å². The molecule has 1 aromatic carbocycles. The molecule has 2 heterocycles. The minimum Gasteiger partial charge on any atom is -0.478 e. The summed E-state index contributed by atoms with van der Waals surface area (Å²) in [5, 5.41) is 16.7. The summed E-state index contributed by atoms with van der Waals surface area (Å²) in [4.78, 5) is 18.9. The van der Waals surface area contributed by atoms with Crippen molar-refractivity contribution in [3.05, 3.63) is 35.0 Å². The fourth-order valence-electron chi connectivity index (χ4n) is 3.91. The first-order chi connectivity index (χ1) is 11.0. The summed E-state index contributed by atoms with van der Waals surface area (Å²) in [7, 11) is 0. The molecule has 1 fully saturated rings. The predicted molar refractivity (Wildman–Crippen MR) is 84.3 cm³/mol. The van der Waals surface area contributed by atoms with Crippen molar-refractivity contribution in [1.29, 1.82) is 0 Å². The number of rotatable bonds is 2. The van der Waals surface area contributed by atoms with Crippen LogP contribution in [0.25, 0.3) is 22.6 Å². The highest BCUT2D eigenvalue weighted by molar-refractivity contribution is 5.93. The number of aromatic nitrogens is 4. The van der Waals surface area contributed by atoms with Gasteiger partial charge in [-0.2, -0.15) is 5.10 Å². The standard InChI is InChI=1S/C17H16N4O2/c1-17-6-9(17)5-10-13(7-17)20-21-14(10)15-18-11-3-2-8(16(22)23)4-12(11)19-15/h2-4,9H,5-7H2,1H3,(H,18,19)(H,20,21)(H,22,23)/t9-,17-/m1/s1. The van der Waals surface area contributed by atoms with Crippen LogP contribution >= 0.6 is 0 Å². The Morgan fingerprint density at radius 1 is 1.43 bits per heavy atom. The van der Waals surface area contributed by atoms with Crippen molar-refractivity contribution in [1.82, 2.24) is 20.2 Å². The number of benzene rings is 1. The Morgan fingerprint density at radius 3 is 3.13 bits per heavy atom. The Labute approximate surface area is 131 Å². The maximum atomic E-state index is 11.1. The Balaban J connectivity index is 1.60. The summed E-state index contributed by atoms with van der Waals surface area (Å²) in [5.74, 6) is 0.534. The molecule has 6 nitrogen and oxygen atoms in total. The highest BCUT2D eigenvalue weighted by Gasteiger charge is 2.53. The van der Waals surface area contributed by atoms with Crippen LogP contribution in [0.2, 0.25) is 0 Å². The van der Waals surface area contributed by atoms with E-state index in [1.807, 2.05) is 0 Å². The quantitative estimate of drug-likeness (QED) is 0.678. The van der Waals surface area contributed by atoms with Crippen LogP contribution in [0.3, 0.4) is 0 Å². The molecule has 5 rings (SSSR count). The molecule has 2 aromatic heterocycles. The number of imidazole rings is 1. The first-order valence-corrected chi connectivity index (χ1v) is 7.83. The van der Waals surface area contributed by atoms with Crippen LogP contribution in [0, 0.1) is 11.3 Å². The van der Waals surface area contributed by atoms with Gasteiger partial charge in [0.25, 0.3) is 0 Å². The van der Waals surface area contributed by atoms with Gasteiger partial charge in [0.05, 0.1) is 16.6 Å². The summed E-state index contributed by atoms with van der Waals surface area (Å²) in [6.45, 7) is 2.34. The molecule has 3 aromatic rings. The predicted octanol–water partition coefficient (Wildman–Crippen LogP) is 2.78. The van der Waals surface area contributed by atoms with E-state index in [1.54, 1.807) is 18.2 Å². The minimum absolute atomic E-state index is 0.255. The van der Waals surface area contributed by atoms with Crippen molar-refractivity contribution in [2.24, 2.45) is 11.3 Å². The van der Waals surface area contributed by atoms with Gasteiger partial charge in [0.15, 0.2) is 5.82 Å². The number of carboxylic acid groups (broad SMARTS) is 1. The van der Waals surface area contributed by atoms with E-state index in [-0.39, 0.29) is 5.56 Å². The number of aromatic carboxylic acids is 1. The number of nitrogens with zero attached hydrogens (tertiary/aromatic N) is 2. The molecule has 0 radical (unpaired) electrons. The van der Waals surface area contributed by atoms with Crippen LogP contribution in [0.5, 0.6) is 0 Å². The van der Waals surface area contributed by atoms with Gasteiger partial charge in [0.1, 0.15) is 5.69 Å². The van der Waals surface area contributed by atoms with Gasteiger partial charge in [-0.25, -0.2) is 9.78 Å². The molecule has 2 aliphatic rings. The fraction of sp³-hybridized carbons (Fsp3) is 0.353. The first-order valence-electron chi connectivity index (χ1n) is 7.83. The van der Waals surface area contributed by atoms with Crippen LogP contribution < -0.4 is 0 Å². The van der Waals surface area contributed by atoms with E-state index in [2.05, 4.69) is 27.1 Å². The molecule has 0 unspecified atom stereocenters. The summed E-state index contributed by atoms with van der Waals surface area (Å²) >= 11 is 0. The number of carboxylic acids is 1. The Kier molecular flexibility index (Phi) is 2.24. The Bertz CT molecular complexity index is 970. The summed E-state index contributed by atoms with van der Waals surface area (Å²) in [6, 6.07) is 4.92. The van der Waals surface area contributed by atoms with Crippen molar-refractivity contribution in [3.8, 4) is 11.5 Å². The lowest BCUT2D eigenvalue weighted by Crippen LogP contribution is -2.13. The molecule has 0 spiro atoms. The van der Waals surface area contributed by atoms with E-state index < -0.39 is 5.97 Å². The second-order valence-electron chi connectivity index (χ2n) is 7.09. The van der Waals surface area contributed by atoms with Gasteiger partial charge in [-0.15, -0.1) is 0 Å². The number of carbonyl (C=O) groups is 1. The van der Waals surface area contributed by atoms with Crippen molar-refractivity contribution in [2.75, 3.05) is 0 Å². The zero-order chi connectivity index (χ0) is 15.8. The summed E-state index contributed by atoms with van der Waals surface area (Å²) in [6.07, 6.45) is 3.40. The van der Waals surface area contributed by atoms with Crippen molar-refractivity contribution in [2.45, 2.75) is 26.2 Å². The van der Waals surface area contributed by atoms with E-state index in [0.717, 1.165) is 35.5 Å². The maximum Gasteiger partial charge on any atom is 0.335 e.